The van der Waals surface area contributed by atoms with Gasteiger partial charge in [-0.3, -0.25) is 14.6 Å². The number of para-hydroxylation sites is 1. The molecule has 0 unspecified atom stereocenters. The maximum atomic E-state index is 12.3. The lowest BCUT2D eigenvalue weighted by Crippen LogP contribution is -2.48. The molecule has 3 aromatic rings. The molecule has 1 saturated heterocycles. The number of benzene rings is 3. The number of carbonyl (C=O) groups excluding carboxylic acids is 1. The van der Waals surface area contributed by atoms with Gasteiger partial charge in [0.1, 0.15) is 11.5 Å². The van der Waals surface area contributed by atoms with Gasteiger partial charge in [0.2, 0.25) is 5.91 Å². The molecule has 0 radical (unpaired) electrons. The summed E-state index contributed by atoms with van der Waals surface area (Å²) in [5, 5.41) is 15.5. The van der Waals surface area contributed by atoms with Gasteiger partial charge in [-0.1, -0.05) is 30.3 Å². The van der Waals surface area contributed by atoms with Crippen molar-refractivity contribution in [2.45, 2.75) is 6.54 Å². The first kappa shape index (κ1) is 20.2. The molecule has 1 fully saturated rings. The third-order valence-corrected chi connectivity index (χ3v) is 5.59. The van der Waals surface area contributed by atoms with Crippen LogP contribution in [0.3, 0.4) is 0 Å². The van der Waals surface area contributed by atoms with E-state index >= 15 is 0 Å². The molecule has 1 heterocycles. The molecule has 1 aliphatic heterocycles. The third-order valence-electron chi connectivity index (χ3n) is 5.59. The minimum absolute atomic E-state index is 0.00782. The van der Waals surface area contributed by atoms with E-state index in [4.69, 9.17) is 4.74 Å². The van der Waals surface area contributed by atoms with E-state index in [1.54, 1.807) is 13.2 Å². The van der Waals surface area contributed by atoms with Gasteiger partial charge in [-0.25, -0.2) is 0 Å². The van der Waals surface area contributed by atoms with Crippen molar-refractivity contribution in [2.24, 2.45) is 0 Å². The minimum atomic E-state index is 0.00782. The lowest BCUT2D eigenvalue weighted by molar-refractivity contribution is -0.117. The van der Waals surface area contributed by atoms with Crippen LogP contribution in [-0.4, -0.2) is 60.6 Å². The van der Waals surface area contributed by atoms with Crippen LogP contribution in [-0.2, 0) is 11.3 Å². The topological polar surface area (TPSA) is 65.0 Å². The summed E-state index contributed by atoms with van der Waals surface area (Å²) in [4.78, 5) is 16.8. The maximum absolute atomic E-state index is 12.3. The normalized spacial score (nSPS) is 15.2. The van der Waals surface area contributed by atoms with E-state index in [1.807, 2.05) is 54.6 Å². The van der Waals surface area contributed by atoms with Gasteiger partial charge < -0.3 is 15.2 Å². The van der Waals surface area contributed by atoms with Gasteiger partial charge in [0.15, 0.2) is 0 Å². The Kier molecular flexibility index (Phi) is 6.16. The molecule has 30 heavy (non-hydrogen) atoms. The van der Waals surface area contributed by atoms with E-state index in [0.717, 1.165) is 54.0 Å². The summed E-state index contributed by atoms with van der Waals surface area (Å²) in [5.74, 6) is 1.09. The Morgan fingerprint density at radius 3 is 2.43 bits per heavy atom. The second kappa shape index (κ2) is 9.15. The van der Waals surface area contributed by atoms with Crippen molar-refractivity contribution in [2.75, 3.05) is 45.2 Å². The first-order valence-electron chi connectivity index (χ1n) is 10.2. The van der Waals surface area contributed by atoms with Crippen LogP contribution in [0, 0.1) is 0 Å². The van der Waals surface area contributed by atoms with Crippen LogP contribution in [0.1, 0.15) is 5.56 Å². The zero-order chi connectivity index (χ0) is 20.9. The van der Waals surface area contributed by atoms with Crippen LogP contribution >= 0.6 is 0 Å². The monoisotopic (exact) mass is 405 g/mol. The number of fused-ring (bicyclic) bond motifs is 1. The molecule has 6 nitrogen and oxygen atoms in total. The summed E-state index contributed by atoms with van der Waals surface area (Å²) in [7, 11) is 1.65. The first-order chi connectivity index (χ1) is 14.6. The molecule has 1 amide bonds. The molecule has 6 heteroatoms. The Hall–Kier alpha value is -3.09. The molecule has 0 aliphatic carbocycles. The molecule has 0 bridgehead atoms. The fraction of sp³-hybridized carbons (Fsp3) is 0.292. The van der Waals surface area contributed by atoms with Crippen molar-refractivity contribution in [1.29, 1.82) is 0 Å². The molecular weight excluding hydrogens is 378 g/mol. The Labute approximate surface area is 176 Å². The van der Waals surface area contributed by atoms with Crippen LogP contribution in [0.4, 0.5) is 5.69 Å². The molecule has 3 aromatic carbocycles. The molecule has 4 rings (SSSR count). The van der Waals surface area contributed by atoms with E-state index in [-0.39, 0.29) is 5.91 Å². The smallest absolute Gasteiger partial charge is 0.238 e. The number of methoxy groups -OCH3 is 1. The zero-order valence-electron chi connectivity index (χ0n) is 17.2. The van der Waals surface area contributed by atoms with Crippen molar-refractivity contribution >= 4 is 22.4 Å². The van der Waals surface area contributed by atoms with Crippen LogP contribution < -0.4 is 10.1 Å². The predicted molar refractivity (Wildman–Crippen MR) is 119 cm³/mol. The van der Waals surface area contributed by atoms with Crippen LogP contribution in [0.5, 0.6) is 11.5 Å². The number of rotatable bonds is 6. The summed E-state index contributed by atoms with van der Waals surface area (Å²) in [6.45, 7) is 4.38. The molecule has 1 aliphatic rings. The summed E-state index contributed by atoms with van der Waals surface area (Å²) < 4.78 is 5.36. The molecule has 0 aromatic heterocycles. The van der Waals surface area contributed by atoms with E-state index in [1.165, 1.54) is 0 Å². The van der Waals surface area contributed by atoms with Crippen LogP contribution in [0.15, 0.2) is 60.7 Å². The summed E-state index contributed by atoms with van der Waals surface area (Å²) in [6.07, 6.45) is 0. The number of hydrogen-bond acceptors (Lipinski definition) is 5. The third kappa shape index (κ3) is 4.72. The minimum Gasteiger partial charge on any atom is -0.508 e. The molecule has 156 valence electrons. The largest absolute Gasteiger partial charge is 0.508 e. The van der Waals surface area contributed by atoms with Crippen molar-refractivity contribution in [3.05, 3.63) is 66.2 Å². The number of hydrogen-bond donors (Lipinski definition) is 2. The second-order valence-electron chi connectivity index (χ2n) is 7.62. The lowest BCUT2D eigenvalue weighted by Gasteiger charge is -2.34. The number of phenols is 1. The summed E-state index contributed by atoms with van der Waals surface area (Å²) in [5.41, 5.74) is 1.74. The zero-order valence-corrected chi connectivity index (χ0v) is 17.2. The Morgan fingerprint density at radius 2 is 1.70 bits per heavy atom. The number of nitrogens with zero attached hydrogens (tertiary/aromatic N) is 2. The van der Waals surface area contributed by atoms with Gasteiger partial charge in [0.25, 0.3) is 0 Å². The number of piperazine rings is 1. The number of amides is 1. The fourth-order valence-corrected chi connectivity index (χ4v) is 3.90. The maximum Gasteiger partial charge on any atom is 0.238 e. The first-order valence-corrected chi connectivity index (χ1v) is 10.2. The van der Waals surface area contributed by atoms with E-state index < -0.39 is 0 Å². The highest BCUT2D eigenvalue weighted by molar-refractivity contribution is 5.92. The number of carbonyl (C=O) groups is 1. The average molecular weight is 405 g/mol. The Morgan fingerprint density at radius 1 is 1.00 bits per heavy atom. The molecule has 0 saturated carbocycles. The number of aromatic hydroxyl groups is 1. The van der Waals surface area contributed by atoms with Crippen molar-refractivity contribution in [3.63, 3.8) is 0 Å². The highest BCUT2D eigenvalue weighted by atomic mass is 16.5. The second-order valence-corrected chi connectivity index (χ2v) is 7.62. The quantitative estimate of drug-likeness (QED) is 0.659. The fourth-order valence-electron chi connectivity index (χ4n) is 3.90. The van der Waals surface area contributed by atoms with Gasteiger partial charge in [0.05, 0.1) is 13.7 Å². The van der Waals surface area contributed by atoms with Gasteiger partial charge in [-0.15, -0.1) is 0 Å². The molecule has 2 N–H and O–H groups in total. The summed E-state index contributed by atoms with van der Waals surface area (Å²) in [6, 6.07) is 19.1. The number of anilines is 1. The molecular formula is C24H27N3O3. The highest BCUT2D eigenvalue weighted by Crippen LogP contribution is 2.31. The average Bonchev–Trinajstić information content (AvgIpc) is 2.77. The van der Waals surface area contributed by atoms with Crippen molar-refractivity contribution < 1.29 is 14.6 Å². The Bertz CT molecular complexity index is 1010. The predicted octanol–water partition coefficient (Wildman–Crippen LogP) is 3.31. The van der Waals surface area contributed by atoms with Crippen LogP contribution in [0.25, 0.3) is 10.8 Å². The molecule has 0 atom stereocenters. The van der Waals surface area contributed by atoms with Gasteiger partial charge >= 0.3 is 0 Å². The van der Waals surface area contributed by atoms with E-state index in [2.05, 4.69) is 15.1 Å². The standard InChI is InChI=1S/C24H27N3O3/c1-30-20-9-7-18-8-10-23(28)22(21(18)15-20)16-26-11-13-27(14-12-26)17-24(29)25-19-5-3-2-4-6-19/h2-10,15,28H,11-14,16-17H2,1H3,(H,25,29). The Balaban J connectivity index is 1.36. The number of ether oxygens (including phenoxy) is 1. The number of nitrogens with one attached hydrogen (secondary N) is 1. The van der Waals surface area contributed by atoms with E-state index in [0.29, 0.717) is 18.8 Å². The lowest BCUT2D eigenvalue weighted by atomic mass is 10.0. The van der Waals surface area contributed by atoms with Gasteiger partial charge in [0, 0.05) is 44.0 Å². The molecule has 0 spiro atoms. The van der Waals surface area contributed by atoms with Crippen molar-refractivity contribution in [1.82, 2.24) is 9.80 Å². The highest BCUT2D eigenvalue weighted by Gasteiger charge is 2.21. The SMILES string of the molecule is COc1ccc2ccc(O)c(CN3CCN(CC(=O)Nc4ccccc4)CC3)c2c1. The van der Waals surface area contributed by atoms with Gasteiger partial charge in [-0.05, 0) is 41.1 Å². The van der Waals surface area contributed by atoms with Gasteiger partial charge in [-0.2, -0.15) is 0 Å². The number of phenolic OH excluding ortho intramolecular Hbond substituents is 1. The summed E-state index contributed by atoms with van der Waals surface area (Å²) >= 11 is 0. The van der Waals surface area contributed by atoms with Crippen molar-refractivity contribution in [3.8, 4) is 11.5 Å². The van der Waals surface area contributed by atoms with E-state index in [9.17, 15) is 9.90 Å². The van der Waals surface area contributed by atoms with Crippen LogP contribution in [0.2, 0.25) is 0 Å².